The van der Waals surface area contributed by atoms with E-state index in [1.54, 1.807) is 0 Å². The number of benzene rings is 1. The number of nitrogens with zero attached hydrogens (tertiary/aromatic N) is 2. The van der Waals surface area contributed by atoms with Crippen LogP contribution in [0.2, 0.25) is 0 Å². The van der Waals surface area contributed by atoms with Gasteiger partial charge in [-0.1, -0.05) is 38.1 Å². The number of imidazole rings is 1. The second-order valence-corrected chi connectivity index (χ2v) is 5.69. The quantitative estimate of drug-likeness (QED) is 0.734. The molecule has 0 fully saturated rings. The van der Waals surface area contributed by atoms with Crippen molar-refractivity contribution in [1.29, 1.82) is 0 Å². The molecule has 2 heterocycles. The van der Waals surface area contributed by atoms with Crippen LogP contribution in [0.15, 0.2) is 48.8 Å². The highest BCUT2D eigenvalue weighted by molar-refractivity contribution is 5.51. The summed E-state index contributed by atoms with van der Waals surface area (Å²) in [6, 6.07) is 13.0. The molecule has 0 radical (unpaired) electrons. The molecular formula is C19H23N3. The Bertz CT molecular complexity index is 741. The highest BCUT2D eigenvalue weighted by Gasteiger charge is 2.04. The van der Waals surface area contributed by atoms with Crippen LogP contribution in [0, 0.1) is 0 Å². The van der Waals surface area contributed by atoms with Gasteiger partial charge in [0.05, 0.1) is 11.4 Å². The molecule has 0 spiro atoms. The summed E-state index contributed by atoms with van der Waals surface area (Å²) in [5, 5.41) is 3.41. The van der Waals surface area contributed by atoms with Crippen molar-refractivity contribution >= 4 is 11.3 Å². The molecule has 3 heteroatoms. The minimum Gasteiger partial charge on any atom is -0.384 e. The number of hydrogen-bond acceptors (Lipinski definition) is 2. The minimum absolute atomic E-state index is 0.878. The Morgan fingerprint density at radius 3 is 2.45 bits per heavy atom. The Hall–Kier alpha value is -2.29. The predicted molar refractivity (Wildman–Crippen MR) is 92.6 cm³/mol. The smallest absolute Gasteiger partial charge is 0.137 e. The Morgan fingerprint density at radius 2 is 1.73 bits per heavy atom. The van der Waals surface area contributed by atoms with Crippen LogP contribution in [0.4, 0.5) is 5.69 Å². The third kappa shape index (κ3) is 3.30. The molecule has 0 unspecified atom stereocenters. The van der Waals surface area contributed by atoms with Gasteiger partial charge in [0.15, 0.2) is 0 Å². The summed E-state index contributed by atoms with van der Waals surface area (Å²) in [6.07, 6.45) is 7.33. The van der Waals surface area contributed by atoms with Crippen LogP contribution in [0.1, 0.15) is 37.1 Å². The van der Waals surface area contributed by atoms with Gasteiger partial charge in [-0.05, 0) is 36.1 Å². The predicted octanol–water partition coefficient (Wildman–Crippen LogP) is 4.31. The van der Waals surface area contributed by atoms with Gasteiger partial charge in [-0.25, -0.2) is 4.98 Å². The number of aryl methyl sites for hydroxylation is 1. The molecule has 3 nitrogen and oxygen atoms in total. The highest BCUT2D eigenvalue weighted by Crippen LogP contribution is 2.15. The Balaban J connectivity index is 1.78. The van der Waals surface area contributed by atoms with Crippen LogP contribution in [0.3, 0.4) is 0 Å². The maximum Gasteiger partial charge on any atom is 0.137 e. The zero-order chi connectivity index (χ0) is 15.4. The molecule has 1 N–H and O–H groups in total. The van der Waals surface area contributed by atoms with Crippen molar-refractivity contribution in [3.63, 3.8) is 0 Å². The van der Waals surface area contributed by atoms with E-state index in [0.29, 0.717) is 0 Å². The zero-order valence-electron chi connectivity index (χ0n) is 13.3. The number of hydrogen-bond donors (Lipinski definition) is 1. The van der Waals surface area contributed by atoms with E-state index in [2.05, 4.69) is 72.4 Å². The summed E-state index contributed by atoms with van der Waals surface area (Å²) < 4.78 is 2.10. The molecule has 0 amide bonds. The fraction of sp³-hybridized carbons (Fsp3) is 0.316. The molecule has 0 bridgehead atoms. The lowest BCUT2D eigenvalue weighted by atomic mass is 10.1. The van der Waals surface area contributed by atoms with Crippen LogP contribution in [-0.2, 0) is 12.8 Å². The van der Waals surface area contributed by atoms with Crippen molar-refractivity contribution in [3.05, 3.63) is 65.6 Å². The van der Waals surface area contributed by atoms with E-state index in [9.17, 15) is 0 Å². The van der Waals surface area contributed by atoms with Crippen molar-refractivity contribution in [2.45, 2.75) is 33.1 Å². The molecule has 0 aliphatic heterocycles. The number of aromatic nitrogens is 2. The van der Waals surface area contributed by atoms with Gasteiger partial charge in [0.25, 0.3) is 0 Å². The molecule has 1 aromatic carbocycles. The van der Waals surface area contributed by atoms with Gasteiger partial charge >= 0.3 is 0 Å². The molecule has 0 saturated heterocycles. The van der Waals surface area contributed by atoms with Gasteiger partial charge in [-0.2, -0.15) is 0 Å². The molecule has 0 aliphatic rings. The topological polar surface area (TPSA) is 29.3 Å². The second kappa shape index (κ2) is 6.65. The number of fused-ring (bicyclic) bond motifs is 1. The van der Waals surface area contributed by atoms with Gasteiger partial charge < -0.3 is 9.72 Å². The fourth-order valence-corrected chi connectivity index (χ4v) is 2.61. The van der Waals surface area contributed by atoms with Crippen LogP contribution >= 0.6 is 0 Å². The van der Waals surface area contributed by atoms with Crippen molar-refractivity contribution in [2.24, 2.45) is 0 Å². The third-order valence-electron chi connectivity index (χ3n) is 3.90. The summed E-state index contributed by atoms with van der Waals surface area (Å²) in [6.45, 7) is 5.35. The van der Waals surface area contributed by atoms with Gasteiger partial charge in [-0.3, -0.25) is 0 Å². The van der Waals surface area contributed by atoms with Gasteiger partial charge in [0, 0.05) is 25.4 Å². The maximum atomic E-state index is 4.71. The standard InChI is InChI=1S/C19H23N3/c1-3-11-20-17-9-10-19-21-18(14-22(19)13-17)12-16-7-5-15(4-2)6-8-16/h5-10,13-14,20H,3-4,11-12H2,1-2H3. The lowest BCUT2D eigenvalue weighted by Crippen LogP contribution is -2.00. The third-order valence-corrected chi connectivity index (χ3v) is 3.90. The maximum absolute atomic E-state index is 4.71. The summed E-state index contributed by atoms with van der Waals surface area (Å²) in [7, 11) is 0. The number of anilines is 1. The molecule has 0 atom stereocenters. The summed E-state index contributed by atoms with van der Waals surface area (Å²) in [5.41, 5.74) is 5.94. The SMILES string of the molecule is CCCNc1ccc2nc(Cc3ccc(CC)cc3)cn2c1. The highest BCUT2D eigenvalue weighted by atomic mass is 15.0. The van der Waals surface area contributed by atoms with Gasteiger partial charge in [-0.15, -0.1) is 0 Å². The number of rotatable bonds is 6. The molecule has 3 rings (SSSR count). The Morgan fingerprint density at radius 1 is 0.955 bits per heavy atom. The van der Waals surface area contributed by atoms with Crippen LogP contribution in [-0.4, -0.2) is 15.9 Å². The van der Waals surface area contributed by atoms with E-state index >= 15 is 0 Å². The summed E-state index contributed by atoms with van der Waals surface area (Å²) in [5.74, 6) is 0. The normalized spacial score (nSPS) is 11.0. The van der Waals surface area contributed by atoms with Gasteiger partial charge in [0.1, 0.15) is 5.65 Å². The summed E-state index contributed by atoms with van der Waals surface area (Å²) >= 11 is 0. The lowest BCUT2D eigenvalue weighted by molar-refractivity contribution is 0.975. The minimum atomic E-state index is 0.878. The zero-order valence-corrected chi connectivity index (χ0v) is 13.3. The van der Waals surface area contributed by atoms with Gasteiger partial charge in [0.2, 0.25) is 0 Å². The molecule has 3 aromatic rings. The molecule has 22 heavy (non-hydrogen) atoms. The first-order chi connectivity index (χ1) is 10.8. The average molecular weight is 293 g/mol. The largest absolute Gasteiger partial charge is 0.384 e. The monoisotopic (exact) mass is 293 g/mol. The Labute approximate surface area is 132 Å². The van der Waals surface area contributed by atoms with Crippen LogP contribution in [0.25, 0.3) is 5.65 Å². The van der Waals surface area contributed by atoms with Crippen molar-refractivity contribution < 1.29 is 0 Å². The first-order valence-electron chi connectivity index (χ1n) is 8.08. The van der Waals surface area contributed by atoms with E-state index in [-0.39, 0.29) is 0 Å². The van der Waals surface area contributed by atoms with Crippen LogP contribution in [0.5, 0.6) is 0 Å². The van der Waals surface area contributed by atoms with Crippen molar-refractivity contribution in [2.75, 3.05) is 11.9 Å². The van der Waals surface area contributed by atoms with E-state index in [1.807, 2.05) is 0 Å². The summed E-state index contributed by atoms with van der Waals surface area (Å²) in [4.78, 5) is 4.71. The first kappa shape index (κ1) is 14.6. The van der Waals surface area contributed by atoms with Crippen molar-refractivity contribution in [1.82, 2.24) is 9.38 Å². The molecule has 2 aromatic heterocycles. The molecule has 0 saturated carbocycles. The average Bonchev–Trinajstić information content (AvgIpc) is 2.95. The number of pyridine rings is 1. The van der Waals surface area contributed by atoms with E-state index in [4.69, 9.17) is 4.98 Å². The van der Waals surface area contributed by atoms with E-state index < -0.39 is 0 Å². The first-order valence-corrected chi connectivity index (χ1v) is 8.08. The van der Waals surface area contributed by atoms with E-state index in [0.717, 1.165) is 42.8 Å². The molecule has 114 valence electrons. The number of nitrogens with one attached hydrogen (secondary N) is 1. The second-order valence-electron chi connectivity index (χ2n) is 5.69. The lowest BCUT2D eigenvalue weighted by Gasteiger charge is -2.04. The van der Waals surface area contributed by atoms with Crippen LogP contribution < -0.4 is 5.32 Å². The molecular weight excluding hydrogens is 270 g/mol. The Kier molecular flexibility index (Phi) is 4.42. The van der Waals surface area contributed by atoms with E-state index in [1.165, 1.54) is 11.1 Å². The molecule has 0 aliphatic carbocycles. The fourth-order valence-electron chi connectivity index (χ4n) is 2.61. The van der Waals surface area contributed by atoms with Crippen molar-refractivity contribution in [3.8, 4) is 0 Å².